The van der Waals surface area contributed by atoms with Crippen molar-refractivity contribution in [2.24, 2.45) is 11.5 Å². The van der Waals surface area contributed by atoms with E-state index in [4.69, 9.17) is 16.2 Å². The molecule has 0 rings (SSSR count). The van der Waals surface area contributed by atoms with Crippen LogP contribution in [0.25, 0.3) is 0 Å². The molecular formula is C6H14N2O2. The molecule has 1 atom stereocenters. The topological polar surface area (TPSA) is 78.3 Å². The number of ether oxygens (including phenoxy) is 1. The third-order valence-corrected chi connectivity index (χ3v) is 0.975. The van der Waals surface area contributed by atoms with E-state index in [9.17, 15) is 4.79 Å². The highest BCUT2D eigenvalue weighted by molar-refractivity contribution is 5.79. The zero-order valence-electron chi connectivity index (χ0n) is 6.33. The summed E-state index contributed by atoms with van der Waals surface area (Å²) < 4.78 is 5.04. The molecule has 0 unspecified atom stereocenters. The Labute approximate surface area is 60.5 Å². The Kier molecular flexibility index (Phi) is 3.99. The monoisotopic (exact) mass is 146 g/mol. The van der Waals surface area contributed by atoms with Crippen molar-refractivity contribution in [2.45, 2.75) is 26.0 Å². The lowest BCUT2D eigenvalue weighted by Crippen LogP contribution is -2.40. The van der Waals surface area contributed by atoms with Crippen molar-refractivity contribution in [3.05, 3.63) is 0 Å². The molecule has 0 aromatic carbocycles. The number of rotatable bonds is 4. The molecule has 0 spiro atoms. The van der Waals surface area contributed by atoms with Crippen LogP contribution in [0.15, 0.2) is 0 Å². The zero-order valence-corrected chi connectivity index (χ0v) is 6.33. The van der Waals surface area contributed by atoms with E-state index in [1.165, 1.54) is 0 Å². The van der Waals surface area contributed by atoms with Crippen LogP contribution >= 0.6 is 0 Å². The van der Waals surface area contributed by atoms with E-state index in [-0.39, 0.29) is 12.7 Å². The van der Waals surface area contributed by atoms with Crippen LogP contribution in [0.1, 0.15) is 13.8 Å². The highest BCUT2D eigenvalue weighted by atomic mass is 16.5. The fourth-order valence-electron chi connectivity index (χ4n) is 0.378. The van der Waals surface area contributed by atoms with Crippen LogP contribution in [0.5, 0.6) is 0 Å². The summed E-state index contributed by atoms with van der Waals surface area (Å²) in [6.07, 6.45) is 0.0883. The normalized spacial score (nSPS) is 13.6. The summed E-state index contributed by atoms with van der Waals surface area (Å²) in [5.41, 5.74) is 10.1. The van der Waals surface area contributed by atoms with Gasteiger partial charge in [-0.3, -0.25) is 4.79 Å². The molecule has 0 bridgehead atoms. The quantitative estimate of drug-likeness (QED) is 0.546. The number of hydrogen-bond acceptors (Lipinski definition) is 3. The summed E-state index contributed by atoms with van der Waals surface area (Å²) in [7, 11) is 0. The first kappa shape index (κ1) is 9.39. The number of carbonyl (C=O) groups excluding carboxylic acids is 1. The molecule has 60 valence electrons. The summed E-state index contributed by atoms with van der Waals surface area (Å²) in [6, 6.07) is -0.678. The lowest BCUT2D eigenvalue weighted by Gasteiger charge is -2.10. The van der Waals surface area contributed by atoms with E-state index in [0.717, 1.165) is 0 Å². The Morgan fingerprint density at radius 3 is 2.40 bits per heavy atom. The number of primary amides is 1. The molecule has 0 aromatic rings. The van der Waals surface area contributed by atoms with Crippen LogP contribution in [-0.2, 0) is 9.53 Å². The molecule has 0 saturated carbocycles. The first-order chi connectivity index (χ1) is 4.54. The van der Waals surface area contributed by atoms with Crippen molar-refractivity contribution >= 4 is 5.91 Å². The first-order valence-electron chi connectivity index (χ1n) is 3.20. The molecule has 1 amide bonds. The van der Waals surface area contributed by atoms with E-state index in [1.807, 2.05) is 13.8 Å². The molecule has 0 saturated heterocycles. The van der Waals surface area contributed by atoms with Crippen LogP contribution in [0.3, 0.4) is 0 Å². The van der Waals surface area contributed by atoms with Crippen LogP contribution < -0.4 is 11.5 Å². The maximum atomic E-state index is 10.3. The van der Waals surface area contributed by atoms with Gasteiger partial charge in [0, 0.05) is 0 Å². The summed E-state index contributed by atoms with van der Waals surface area (Å²) in [6.45, 7) is 3.94. The van der Waals surface area contributed by atoms with Gasteiger partial charge in [-0.1, -0.05) is 0 Å². The van der Waals surface area contributed by atoms with Gasteiger partial charge in [0.1, 0.15) is 6.04 Å². The van der Waals surface area contributed by atoms with Crippen molar-refractivity contribution < 1.29 is 9.53 Å². The molecule has 10 heavy (non-hydrogen) atoms. The van der Waals surface area contributed by atoms with E-state index < -0.39 is 11.9 Å². The van der Waals surface area contributed by atoms with E-state index in [0.29, 0.717) is 0 Å². The van der Waals surface area contributed by atoms with Gasteiger partial charge in [-0.05, 0) is 13.8 Å². The van der Waals surface area contributed by atoms with Gasteiger partial charge >= 0.3 is 0 Å². The minimum absolute atomic E-state index is 0.0883. The molecule has 0 aliphatic heterocycles. The number of amides is 1. The SMILES string of the molecule is CC(C)OC[C@H](N)C(N)=O. The Morgan fingerprint density at radius 2 is 2.10 bits per heavy atom. The van der Waals surface area contributed by atoms with Gasteiger partial charge in [-0.15, -0.1) is 0 Å². The molecule has 4 nitrogen and oxygen atoms in total. The van der Waals surface area contributed by atoms with Gasteiger partial charge in [-0.2, -0.15) is 0 Å². The minimum Gasteiger partial charge on any atom is -0.377 e. The van der Waals surface area contributed by atoms with Gasteiger partial charge in [0.25, 0.3) is 0 Å². The van der Waals surface area contributed by atoms with Gasteiger partial charge in [0.05, 0.1) is 12.7 Å². The van der Waals surface area contributed by atoms with E-state index in [2.05, 4.69) is 0 Å². The number of hydrogen-bond donors (Lipinski definition) is 2. The predicted octanol–water partition coefficient (Wildman–Crippen LogP) is -0.776. The standard InChI is InChI=1S/C6H14N2O2/c1-4(2)10-3-5(7)6(8)9/h4-5H,3,7H2,1-2H3,(H2,8,9)/t5-/m0/s1. The molecule has 4 N–H and O–H groups in total. The van der Waals surface area contributed by atoms with Crippen LogP contribution in [0.2, 0.25) is 0 Å². The molecule has 0 radical (unpaired) electrons. The van der Waals surface area contributed by atoms with Crippen LogP contribution in [0, 0.1) is 0 Å². The number of carbonyl (C=O) groups is 1. The lowest BCUT2D eigenvalue weighted by molar-refractivity contribution is -0.120. The second-order valence-corrected chi connectivity index (χ2v) is 2.39. The van der Waals surface area contributed by atoms with Crippen molar-refractivity contribution in [3.63, 3.8) is 0 Å². The molecule has 4 heteroatoms. The molecular weight excluding hydrogens is 132 g/mol. The number of nitrogens with two attached hydrogens (primary N) is 2. The molecule has 0 aromatic heterocycles. The second-order valence-electron chi connectivity index (χ2n) is 2.39. The van der Waals surface area contributed by atoms with Crippen LogP contribution in [-0.4, -0.2) is 24.7 Å². The fraction of sp³-hybridized carbons (Fsp3) is 0.833. The third-order valence-electron chi connectivity index (χ3n) is 0.975. The van der Waals surface area contributed by atoms with Crippen molar-refractivity contribution in [3.8, 4) is 0 Å². The van der Waals surface area contributed by atoms with Crippen molar-refractivity contribution in [1.82, 2.24) is 0 Å². The Balaban J connectivity index is 3.40. The fourth-order valence-corrected chi connectivity index (χ4v) is 0.378. The smallest absolute Gasteiger partial charge is 0.236 e. The summed E-state index contributed by atoms with van der Waals surface area (Å²) in [5, 5.41) is 0. The largest absolute Gasteiger partial charge is 0.377 e. The maximum absolute atomic E-state index is 10.3. The highest BCUT2D eigenvalue weighted by Crippen LogP contribution is 1.88. The lowest BCUT2D eigenvalue weighted by atomic mass is 10.3. The summed E-state index contributed by atoms with van der Waals surface area (Å²) >= 11 is 0. The summed E-state index contributed by atoms with van der Waals surface area (Å²) in [4.78, 5) is 10.3. The molecule has 0 aliphatic rings. The van der Waals surface area contributed by atoms with Crippen LogP contribution in [0.4, 0.5) is 0 Å². The predicted molar refractivity (Wildman–Crippen MR) is 38.3 cm³/mol. The Bertz CT molecular complexity index is 114. The first-order valence-corrected chi connectivity index (χ1v) is 3.20. The Morgan fingerprint density at radius 1 is 1.60 bits per heavy atom. The van der Waals surface area contributed by atoms with Gasteiger partial charge in [0.15, 0.2) is 0 Å². The molecule has 0 heterocycles. The third kappa shape index (κ3) is 4.29. The van der Waals surface area contributed by atoms with Gasteiger partial charge in [0.2, 0.25) is 5.91 Å². The van der Waals surface area contributed by atoms with Gasteiger partial charge in [-0.25, -0.2) is 0 Å². The maximum Gasteiger partial charge on any atom is 0.236 e. The molecule has 0 fully saturated rings. The van der Waals surface area contributed by atoms with E-state index >= 15 is 0 Å². The van der Waals surface area contributed by atoms with E-state index in [1.54, 1.807) is 0 Å². The zero-order chi connectivity index (χ0) is 8.15. The average Bonchev–Trinajstić information content (AvgIpc) is 1.82. The highest BCUT2D eigenvalue weighted by Gasteiger charge is 2.08. The minimum atomic E-state index is -0.678. The summed E-state index contributed by atoms with van der Waals surface area (Å²) in [5.74, 6) is -0.527. The second kappa shape index (κ2) is 4.24. The van der Waals surface area contributed by atoms with Crippen molar-refractivity contribution in [2.75, 3.05) is 6.61 Å². The van der Waals surface area contributed by atoms with Gasteiger partial charge < -0.3 is 16.2 Å². The average molecular weight is 146 g/mol. The van der Waals surface area contributed by atoms with Crippen molar-refractivity contribution in [1.29, 1.82) is 0 Å². The molecule has 0 aliphatic carbocycles. The Hall–Kier alpha value is -0.610.